The lowest BCUT2D eigenvalue weighted by molar-refractivity contribution is 0.0825. The maximum Gasteiger partial charge on any atom is 0.166 e. The first-order valence-electron chi connectivity index (χ1n) is 8.34. The molecule has 2 aliphatic heterocycles. The zero-order valence-corrected chi connectivity index (χ0v) is 13.5. The lowest BCUT2D eigenvalue weighted by atomic mass is 9.77. The van der Waals surface area contributed by atoms with E-state index in [4.69, 9.17) is 0 Å². The van der Waals surface area contributed by atoms with Crippen LogP contribution in [0, 0.1) is 5.92 Å². The summed E-state index contributed by atoms with van der Waals surface area (Å²) in [5, 5.41) is 3.67. The molecule has 0 radical (unpaired) electrons. The van der Waals surface area contributed by atoms with E-state index in [9.17, 15) is 4.79 Å². The Labute approximate surface area is 128 Å². The molecule has 2 fully saturated rings. The van der Waals surface area contributed by atoms with E-state index in [2.05, 4.69) is 38.2 Å². The van der Waals surface area contributed by atoms with E-state index in [0.717, 1.165) is 18.4 Å². The van der Waals surface area contributed by atoms with Crippen LogP contribution in [0.3, 0.4) is 0 Å². The van der Waals surface area contributed by atoms with Crippen LogP contribution in [0.15, 0.2) is 24.3 Å². The zero-order chi connectivity index (χ0) is 15.0. The highest BCUT2D eigenvalue weighted by Crippen LogP contribution is 2.32. The number of nitrogens with one attached hydrogen (secondary N) is 1. The van der Waals surface area contributed by atoms with Gasteiger partial charge in [-0.15, -0.1) is 0 Å². The first kappa shape index (κ1) is 14.8. The van der Waals surface area contributed by atoms with Gasteiger partial charge in [-0.3, -0.25) is 4.79 Å². The van der Waals surface area contributed by atoms with Gasteiger partial charge in [-0.1, -0.05) is 51.5 Å². The zero-order valence-electron chi connectivity index (χ0n) is 13.5. The molecule has 2 unspecified atom stereocenters. The third-order valence-electron chi connectivity index (χ3n) is 5.12. The first-order chi connectivity index (χ1) is 9.93. The molecule has 2 bridgehead atoms. The highest BCUT2D eigenvalue weighted by atomic mass is 16.1. The Kier molecular flexibility index (Phi) is 3.92. The van der Waals surface area contributed by atoms with Gasteiger partial charge in [0.2, 0.25) is 0 Å². The van der Waals surface area contributed by atoms with Crippen molar-refractivity contribution >= 4 is 5.78 Å². The van der Waals surface area contributed by atoms with E-state index in [1.54, 1.807) is 0 Å². The summed E-state index contributed by atoms with van der Waals surface area (Å²) in [6.07, 6.45) is 5.85. The van der Waals surface area contributed by atoms with E-state index < -0.39 is 0 Å². The maximum absolute atomic E-state index is 12.8. The van der Waals surface area contributed by atoms with Crippen molar-refractivity contribution in [3.63, 3.8) is 0 Å². The molecule has 21 heavy (non-hydrogen) atoms. The largest absolute Gasteiger partial charge is 0.311 e. The van der Waals surface area contributed by atoms with Crippen LogP contribution in [0.4, 0.5) is 0 Å². The molecule has 2 saturated heterocycles. The van der Waals surface area contributed by atoms with Gasteiger partial charge in [0.15, 0.2) is 5.78 Å². The number of piperidine rings is 2. The molecular formula is C19H27NO. The number of Topliss-reactive ketones (excluding diaryl/α,β-unsaturated/α-hetero) is 1. The number of hydrogen-bond donors (Lipinski definition) is 1. The fraction of sp³-hybridized carbons (Fsp3) is 0.632. The molecule has 2 heterocycles. The van der Waals surface area contributed by atoms with Crippen molar-refractivity contribution in [2.75, 3.05) is 0 Å². The highest BCUT2D eigenvalue weighted by molar-refractivity contribution is 5.98. The summed E-state index contributed by atoms with van der Waals surface area (Å²) in [5.74, 6) is 0.580. The minimum absolute atomic E-state index is 0.146. The monoisotopic (exact) mass is 285 g/mol. The second-order valence-electron chi connectivity index (χ2n) is 7.85. The van der Waals surface area contributed by atoms with Crippen LogP contribution in [0.1, 0.15) is 68.8 Å². The normalized spacial score (nSPS) is 29.2. The average molecular weight is 285 g/mol. The number of rotatable bonds is 2. The number of benzene rings is 1. The van der Waals surface area contributed by atoms with Gasteiger partial charge in [-0.05, 0) is 36.7 Å². The van der Waals surface area contributed by atoms with Gasteiger partial charge in [0.05, 0.1) is 0 Å². The summed E-state index contributed by atoms with van der Waals surface area (Å²) in [5.41, 5.74) is 2.34. The van der Waals surface area contributed by atoms with Gasteiger partial charge < -0.3 is 5.32 Å². The van der Waals surface area contributed by atoms with Gasteiger partial charge in [-0.25, -0.2) is 0 Å². The predicted octanol–water partition coefficient (Wildman–Crippen LogP) is 4.09. The third kappa shape index (κ3) is 3.21. The highest BCUT2D eigenvalue weighted by Gasteiger charge is 2.34. The topological polar surface area (TPSA) is 29.1 Å². The molecule has 0 amide bonds. The molecular weight excluding hydrogens is 258 g/mol. The second kappa shape index (κ2) is 5.57. The average Bonchev–Trinajstić information content (AvgIpc) is 2.45. The van der Waals surface area contributed by atoms with E-state index in [0.29, 0.717) is 17.9 Å². The number of carbonyl (C=O) groups is 1. The minimum atomic E-state index is 0.146. The van der Waals surface area contributed by atoms with Crippen molar-refractivity contribution in [3.05, 3.63) is 35.4 Å². The van der Waals surface area contributed by atoms with Crippen LogP contribution < -0.4 is 5.32 Å². The number of ketones is 1. The molecule has 0 saturated carbocycles. The number of fused-ring (bicyclic) bond motifs is 2. The molecule has 1 aromatic carbocycles. The van der Waals surface area contributed by atoms with Crippen molar-refractivity contribution in [2.45, 2.75) is 70.4 Å². The van der Waals surface area contributed by atoms with Crippen LogP contribution in [0.2, 0.25) is 0 Å². The van der Waals surface area contributed by atoms with E-state index in [1.165, 1.54) is 24.8 Å². The van der Waals surface area contributed by atoms with Crippen LogP contribution in [-0.4, -0.2) is 17.9 Å². The summed E-state index contributed by atoms with van der Waals surface area (Å²) in [6.45, 7) is 6.62. The SMILES string of the molecule is CC(C)(C)c1ccc(C(=O)C2CC3CCCC(C2)N3)cc1. The first-order valence-corrected chi connectivity index (χ1v) is 8.34. The lowest BCUT2D eigenvalue weighted by Crippen LogP contribution is -2.50. The number of hydrogen-bond acceptors (Lipinski definition) is 2. The Morgan fingerprint density at radius 2 is 1.62 bits per heavy atom. The Morgan fingerprint density at radius 1 is 1.05 bits per heavy atom. The quantitative estimate of drug-likeness (QED) is 0.829. The lowest BCUT2D eigenvalue weighted by Gasteiger charge is -2.39. The third-order valence-corrected chi connectivity index (χ3v) is 5.12. The van der Waals surface area contributed by atoms with Gasteiger partial charge in [-0.2, -0.15) is 0 Å². The smallest absolute Gasteiger partial charge is 0.166 e. The molecule has 2 aliphatic rings. The standard InChI is InChI=1S/C19H27NO/c1-19(2,3)15-9-7-13(8-10-15)18(21)14-11-16-5-4-6-17(12-14)20-16/h7-10,14,16-17,20H,4-6,11-12H2,1-3H3. The van der Waals surface area contributed by atoms with Gasteiger partial charge in [0.25, 0.3) is 0 Å². The van der Waals surface area contributed by atoms with E-state index in [-0.39, 0.29) is 11.3 Å². The Morgan fingerprint density at radius 3 is 2.14 bits per heavy atom. The van der Waals surface area contributed by atoms with Crippen molar-refractivity contribution in [1.29, 1.82) is 0 Å². The predicted molar refractivity (Wildman–Crippen MR) is 86.8 cm³/mol. The molecule has 2 atom stereocenters. The minimum Gasteiger partial charge on any atom is -0.311 e. The maximum atomic E-state index is 12.8. The van der Waals surface area contributed by atoms with Crippen LogP contribution in [-0.2, 0) is 5.41 Å². The van der Waals surface area contributed by atoms with Crippen molar-refractivity contribution < 1.29 is 4.79 Å². The summed E-state index contributed by atoms with van der Waals surface area (Å²) >= 11 is 0. The fourth-order valence-corrected chi connectivity index (χ4v) is 3.85. The van der Waals surface area contributed by atoms with Crippen molar-refractivity contribution in [1.82, 2.24) is 5.32 Å². The molecule has 2 nitrogen and oxygen atoms in total. The Balaban J connectivity index is 1.73. The number of carbonyl (C=O) groups excluding carboxylic acids is 1. The fourth-order valence-electron chi connectivity index (χ4n) is 3.85. The molecule has 0 spiro atoms. The molecule has 1 aromatic rings. The van der Waals surface area contributed by atoms with Gasteiger partial charge >= 0.3 is 0 Å². The molecule has 0 aromatic heterocycles. The molecule has 0 aliphatic carbocycles. The second-order valence-corrected chi connectivity index (χ2v) is 7.85. The summed E-state index contributed by atoms with van der Waals surface area (Å²) in [7, 11) is 0. The molecule has 2 heteroatoms. The van der Waals surface area contributed by atoms with Gasteiger partial charge in [0, 0.05) is 23.6 Å². The Bertz CT molecular complexity index is 499. The van der Waals surface area contributed by atoms with Gasteiger partial charge in [0.1, 0.15) is 0 Å². The van der Waals surface area contributed by atoms with E-state index >= 15 is 0 Å². The molecule has 114 valence electrons. The summed E-state index contributed by atoms with van der Waals surface area (Å²) < 4.78 is 0. The van der Waals surface area contributed by atoms with E-state index in [1.807, 2.05) is 12.1 Å². The molecule has 1 N–H and O–H groups in total. The van der Waals surface area contributed by atoms with Crippen LogP contribution in [0.25, 0.3) is 0 Å². The van der Waals surface area contributed by atoms with Crippen molar-refractivity contribution in [3.8, 4) is 0 Å². The molecule has 3 rings (SSSR count). The summed E-state index contributed by atoms with van der Waals surface area (Å²) in [4.78, 5) is 12.8. The summed E-state index contributed by atoms with van der Waals surface area (Å²) in [6, 6.07) is 9.44. The van der Waals surface area contributed by atoms with Crippen LogP contribution in [0.5, 0.6) is 0 Å². The van der Waals surface area contributed by atoms with Crippen LogP contribution >= 0.6 is 0 Å². The Hall–Kier alpha value is -1.15. The van der Waals surface area contributed by atoms with Crippen molar-refractivity contribution in [2.24, 2.45) is 5.92 Å².